The van der Waals surface area contributed by atoms with Crippen molar-refractivity contribution < 1.29 is 0 Å². The summed E-state index contributed by atoms with van der Waals surface area (Å²) in [6.07, 6.45) is 8.64. The van der Waals surface area contributed by atoms with Crippen molar-refractivity contribution in [3.05, 3.63) is 36.0 Å². The van der Waals surface area contributed by atoms with Gasteiger partial charge in [-0.25, -0.2) is 0 Å². The van der Waals surface area contributed by atoms with Crippen molar-refractivity contribution in [1.29, 1.82) is 0 Å². The van der Waals surface area contributed by atoms with Gasteiger partial charge in [-0.3, -0.25) is 0 Å². The second kappa shape index (κ2) is 4.43. The third-order valence-electron chi connectivity index (χ3n) is 4.70. The van der Waals surface area contributed by atoms with Crippen LogP contribution in [0, 0.1) is 0 Å². The van der Waals surface area contributed by atoms with Gasteiger partial charge in [-0.1, -0.05) is 31.4 Å². The number of hydrogen-bond donors (Lipinski definition) is 1. The maximum absolute atomic E-state index is 6.12. The van der Waals surface area contributed by atoms with Crippen LogP contribution in [0.3, 0.4) is 0 Å². The van der Waals surface area contributed by atoms with Gasteiger partial charge in [-0.05, 0) is 35.9 Å². The predicted molar refractivity (Wildman–Crippen MR) is 76.7 cm³/mol. The Hall–Kier alpha value is -1.28. The highest BCUT2D eigenvalue weighted by Gasteiger charge is 2.32. The Morgan fingerprint density at radius 3 is 2.67 bits per heavy atom. The van der Waals surface area contributed by atoms with E-state index >= 15 is 0 Å². The highest BCUT2D eigenvalue weighted by molar-refractivity contribution is 5.81. The number of nitrogens with two attached hydrogens (primary N) is 1. The summed E-state index contributed by atoms with van der Waals surface area (Å²) >= 11 is 0. The van der Waals surface area contributed by atoms with Gasteiger partial charge in [0, 0.05) is 30.7 Å². The van der Waals surface area contributed by atoms with Crippen LogP contribution in [0.15, 0.2) is 30.5 Å². The summed E-state index contributed by atoms with van der Waals surface area (Å²) in [7, 11) is 2.11. The van der Waals surface area contributed by atoms with Crippen LogP contribution in [-0.4, -0.2) is 11.1 Å². The van der Waals surface area contributed by atoms with Crippen molar-refractivity contribution in [3.8, 4) is 0 Å². The van der Waals surface area contributed by atoms with Crippen molar-refractivity contribution in [2.45, 2.75) is 37.5 Å². The lowest BCUT2D eigenvalue weighted by Crippen LogP contribution is -2.37. The molecule has 0 saturated heterocycles. The zero-order chi connectivity index (χ0) is 12.6. The Morgan fingerprint density at radius 1 is 1.17 bits per heavy atom. The minimum Gasteiger partial charge on any atom is -0.351 e. The highest BCUT2D eigenvalue weighted by atomic mass is 14.9. The van der Waals surface area contributed by atoms with Crippen LogP contribution in [0.2, 0.25) is 0 Å². The van der Waals surface area contributed by atoms with Gasteiger partial charge in [-0.15, -0.1) is 0 Å². The van der Waals surface area contributed by atoms with Gasteiger partial charge in [0.15, 0.2) is 0 Å². The van der Waals surface area contributed by atoms with Crippen LogP contribution < -0.4 is 5.73 Å². The standard InChI is InChI=1S/C16H22N2/c1-18-10-7-13-5-6-14(11-15(13)18)16(12-17)8-3-2-4-9-16/h5-7,10-11H,2-4,8-9,12,17H2,1H3. The van der Waals surface area contributed by atoms with E-state index in [1.54, 1.807) is 0 Å². The maximum atomic E-state index is 6.12. The van der Waals surface area contributed by atoms with Crippen LogP contribution >= 0.6 is 0 Å². The SMILES string of the molecule is Cn1ccc2ccc(C3(CN)CCCCC3)cc21. The first kappa shape index (κ1) is 11.8. The Labute approximate surface area is 109 Å². The van der Waals surface area contributed by atoms with Crippen molar-refractivity contribution >= 4 is 10.9 Å². The summed E-state index contributed by atoms with van der Waals surface area (Å²) in [5.74, 6) is 0. The molecule has 1 aromatic heterocycles. The summed E-state index contributed by atoms with van der Waals surface area (Å²) in [4.78, 5) is 0. The molecule has 0 unspecified atom stereocenters. The molecule has 2 nitrogen and oxygen atoms in total. The molecule has 0 aliphatic heterocycles. The van der Waals surface area contributed by atoms with E-state index in [1.165, 1.54) is 48.6 Å². The molecule has 96 valence electrons. The number of hydrogen-bond acceptors (Lipinski definition) is 1. The van der Waals surface area contributed by atoms with Crippen LogP contribution in [0.25, 0.3) is 10.9 Å². The van der Waals surface area contributed by atoms with E-state index in [9.17, 15) is 0 Å². The number of fused-ring (bicyclic) bond motifs is 1. The number of aromatic nitrogens is 1. The molecule has 2 aromatic rings. The average Bonchev–Trinajstić information content (AvgIpc) is 2.81. The lowest BCUT2D eigenvalue weighted by molar-refractivity contribution is 0.301. The molecule has 3 rings (SSSR count). The minimum atomic E-state index is 0.233. The normalized spacial score (nSPS) is 19.2. The number of nitrogens with zero attached hydrogens (tertiary/aromatic N) is 1. The minimum absolute atomic E-state index is 0.233. The van der Waals surface area contributed by atoms with Gasteiger partial charge < -0.3 is 10.3 Å². The molecule has 2 heteroatoms. The van der Waals surface area contributed by atoms with Crippen molar-refractivity contribution in [2.24, 2.45) is 12.8 Å². The molecule has 1 fully saturated rings. The van der Waals surface area contributed by atoms with E-state index in [4.69, 9.17) is 5.73 Å². The van der Waals surface area contributed by atoms with Crippen LogP contribution in [-0.2, 0) is 12.5 Å². The highest BCUT2D eigenvalue weighted by Crippen LogP contribution is 2.39. The Morgan fingerprint density at radius 2 is 1.94 bits per heavy atom. The summed E-state index contributed by atoms with van der Waals surface area (Å²) in [6, 6.07) is 9.07. The number of rotatable bonds is 2. The van der Waals surface area contributed by atoms with E-state index in [0.717, 1.165) is 6.54 Å². The van der Waals surface area contributed by atoms with Gasteiger partial charge in [0.05, 0.1) is 0 Å². The maximum Gasteiger partial charge on any atom is 0.0480 e. The van der Waals surface area contributed by atoms with Gasteiger partial charge in [0.25, 0.3) is 0 Å². The quantitative estimate of drug-likeness (QED) is 0.860. The summed E-state index contributed by atoms with van der Waals surface area (Å²) in [5, 5.41) is 1.32. The first-order valence-corrected chi connectivity index (χ1v) is 7.01. The lowest BCUT2D eigenvalue weighted by atomic mass is 9.69. The second-order valence-electron chi connectivity index (χ2n) is 5.75. The van der Waals surface area contributed by atoms with Crippen LogP contribution in [0.5, 0.6) is 0 Å². The molecule has 0 spiro atoms. The fraction of sp³-hybridized carbons (Fsp3) is 0.500. The molecular weight excluding hydrogens is 220 g/mol. The topological polar surface area (TPSA) is 30.9 Å². The summed E-state index contributed by atoms with van der Waals surface area (Å²) in [6.45, 7) is 0.781. The number of aryl methyl sites for hydroxylation is 1. The first-order chi connectivity index (χ1) is 8.75. The summed E-state index contributed by atoms with van der Waals surface area (Å²) in [5.41, 5.74) is 9.12. The fourth-order valence-corrected chi connectivity index (χ4v) is 3.43. The average molecular weight is 242 g/mol. The molecule has 1 heterocycles. The molecule has 1 aromatic carbocycles. The molecule has 0 bridgehead atoms. The van der Waals surface area contributed by atoms with Crippen LogP contribution in [0.1, 0.15) is 37.7 Å². The van der Waals surface area contributed by atoms with Crippen molar-refractivity contribution in [1.82, 2.24) is 4.57 Å². The molecule has 0 amide bonds. The summed E-state index contributed by atoms with van der Waals surface area (Å²) < 4.78 is 2.20. The van der Waals surface area contributed by atoms with Gasteiger partial charge in [-0.2, -0.15) is 0 Å². The molecule has 0 radical (unpaired) electrons. The monoisotopic (exact) mass is 242 g/mol. The zero-order valence-corrected chi connectivity index (χ0v) is 11.2. The van der Waals surface area contributed by atoms with E-state index in [0.29, 0.717) is 0 Å². The Bertz CT molecular complexity index is 547. The Kier molecular flexibility index (Phi) is 2.90. The Balaban J connectivity index is 2.08. The van der Waals surface area contributed by atoms with Crippen molar-refractivity contribution in [2.75, 3.05) is 6.54 Å². The molecule has 1 aliphatic carbocycles. The van der Waals surface area contributed by atoms with E-state index in [2.05, 4.69) is 42.1 Å². The largest absolute Gasteiger partial charge is 0.351 e. The molecule has 1 aliphatic rings. The fourth-order valence-electron chi connectivity index (χ4n) is 3.43. The van der Waals surface area contributed by atoms with Gasteiger partial charge in [0.1, 0.15) is 0 Å². The van der Waals surface area contributed by atoms with Gasteiger partial charge in [0.2, 0.25) is 0 Å². The third kappa shape index (κ3) is 1.76. The van der Waals surface area contributed by atoms with Crippen molar-refractivity contribution in [3.63, 3.8) is 0 Å². The van der Waals surface area contributed by atoms with E-state index in [-0.39, 0.29) is 5.41 Å². The molecule has 18 heavy (non-hydrogen) atoms. The zero-order valence-electron chi connectivity index (χ0n) is 11.2. The van der Waals surface area contributed by atoms with Gasteiger partial charge >= 0.3 is 0 Å². The molecule has 2 N–H and O–H groups in total. The molecule has 0 atom stereocenters. The number of benzene rings is 1. The molecular formula is C16H22N2. The third-order valence-corrected chi connectivity index (χ3v) is 4.70. The van der Waals surface area contributed by atoms with E-state index < -0.39 is 0 Å². The first-order valence-electron chi connectivity index (χ1n) is 7.01. The smallest absolute Gasteiger partial charge is 0.0480 e. The molecule has 1 saturated carbocycles. The lowest BCUT2D eigenvalue weighted by Gasteiger charge is -2.37. The second-order valence-corrected chi connectivity index (χ2v) is 5.75. The predicted octanol–water partition coefficient (Wildman–Crippen LogP) is 3.34. The van der Waals surface area contributed by atoms with E-state index in [1.807, 2.05) is 0 Å². The van der Waals surface area contributed by atoms with Crippen LogP contribution in [0.4, 0.5) is 0 Å².